The van der Waals surface area contributed by atoms with Crippen LogP contribution in [-0.4, -0.2) is 34.5 Å². The summed E-state index contributed by atoms with van der Waals surface area (Å²) in [6, 6.07) is 5.38. The molecule has 3 rings (SSSR count). The molecule has 2 aliphatic rings. The first-order valence-corrected chi connectivity index (χ1v) is 12.3. The van der Waals surface area contributed by atoms with Crippen LogP contribution in [0.2, 0.25) is 0 Å². The number of rotatable bonds is 4. The molecule has 1 heterocycles. The van der Waals surface area contributed by atoms with E-state index in [1.807, 2.05) is 0 Å². The zero-order valence-electron chi connectivity index (χ0n) is 15.6. The van der Waals surface area contributed by atoms with Gasteiger partial charge in [-0.15, -0.1) is 0 Å². The summed E-state index contributed by atoms with van der Waals surface area (Å²) in [5.41, 5.74) is -0.830. The molecule has 1 aliphatic heterocycles. The number of hydrogen-bond acceptors (Lipinski definition) is 5. The van der Waals surface area contributed by atoms with E-state index in [-0.39, 0.29) is 22.4 Å². The highest BCUT2D eigenvalue weighted by atomic mass is 32.2. The fraction of sp³-hybridized carbons (Fsp3) is 0.611. The molecule has 1 saturated carbocycles. The molecule has 1 aromatic carbocycles. The van der Waals surface area contributed by atoms with Gasteiger partial charge in [0, 0.05) is 6.04 Å². The van der Waals surface area contributed by atoms with E-state index in [1.165, 1.54) is 24.3 Å². The van der Waals surface area contributed by atoms with Gasteiger partial charge in [0.15, 0.2) is 0 Å². The first kappa shape index (κ1) is 20.3. The molecule has 27 heavy (non-hydrogen) atoms. The number of sulfonamides is 2. The van der Waals surface area contributed by atoms with E-state index in [9.17, 15) is 21.6 Å². The Kier molecular flexibility index (Phi) is 5.39. The first-order chi connectivity index (χ1) is 12.5. The first-order valence-electron chi connectivity index (χ1n) is 9.23. The van der Waals surface area contributed by atoms with Crippen molar-refractivity contribution in [3.8, 4) is 0 Å². The maximum absolute atomic E-state index is 12.6. The number of carbonyl (C=O) groups is 1. The SMILES string of the molecule is CC1(C)CS(=O)(=O)N(c2ccc(S(=O)(=O)NC3CCCCCC3)cc2)C1=O. The highest BCUT2D eigenvalue weighted by Gasteiger charge is 2.49. The summed E-state index contributed by atoms with van der Waals surface area (Å²) < 4.78 is 53.5. The average Bonchev–Trinajstić information content (AvgIpc) is 2.75. The van der Waals surface area contributed by atoms with Gasteiger partial charge in [-0.3, -0.25) is 4.79 Å². The normalized spacial score (nSPS) is 23.3. The Morgan fingerprint density at radius 2 is 1.59 bits per heavy atom. The molecule has 1 aromatic rings. The molecule has 7 nitrogen and oxygen atoms in total. The summed E-state index contributed by atoms with van der Waals surface area (Å²) in [7, 11) is -7.44. The van der Waals surface area contributed by atoms with Gasteiger partial charge in [-0.1, -0.05) is 25.7 Å². The molecule has 150 valence electrons. The van der Waals surface area contributed by atoms with Gasteiger partial charge in [0.2, 0.25) is 26.0 Å². The number of benzene rings is 1. The summed E-state index contributed by atoms with van der Waals surface area (Å²) in [4.78, 5) is 12.5. The monoisotopic (exact) mass is 414 g/mol. The van der Waals surface area contributed by atoms with Crippen molar-refractivity contribution in [1.29, 1.82) is 0 Å². The maximum Gasteiger partial charge on any atom is 0.247 e. The lowest BCUT2D eigenvalue weighted by Gasteiger charge is -2.19. The molecular formula is C18H26N2O5S2. The van der Waals surface area contributed by atoms with Crippen molar-refractivity contribution in [2.24, 2.45) is 5.41 Å². The van der Waals surface area contributed by atoms with E-state index >= 15 is 0 Å². The second-order valence-electron chi connectivity index (χ2n) is 8.01. The van der Waals surface area contributed by atoms with Crippen LogP contribution in [0, 0.1) is 5.41 Å². The molecule has 1 saturated heterocycles. The molecular weight excluding hydrogens is 388 g/mol. The van der Waals surface area contributed by atoms with E-state index in [0.29, 0.717) is 0 Å². The number of carbonyl (C=O) groups excluding carboxylic acids is 1. The van der Waals surface area contributed by atoms with Crippen LogP contribution in [0.4, 0.5) is 5.69 Å². The van der Waals surface area contributed by atoms with E-state index in [4.69, 9.17) is 0 Å². The van der Waals surface area contributed by atoms with E-state index in [1.54, 1.807) is 13.8 Å². The molecule has 2 fully saturated rings. The lowest BCUT2D eigenvalue weighted by molar-refractivity contribution is -0.123. The van der Waals surface area contributed by atoms with Crippen LogP contribution >= 0.6 is 0 Å². The molecule has 9 heteroatoms. The quantitative estimate of drug-likeness (QED) is 0.763. The van der Waals surface area contributed by atoms with Crippen LogP contribution in [0.3, 0.4) is 0 Å². The van der Waals surface area contributed by atoms with Gasteiger partial charge in [-0.25, -0.2) is 25.9 Å². The minimum atomic E-state index is -3.75. The number of nitrogens with zero attached hydrogens (tertiary/aromatic N) is 1. The summed E-state index contributed by atoms with van der Waals surface area (Å²) in [6.07, 6.45) is 5.93. The molecule has 0 atom stereocenters. The molecule has 0 unspecified atom stereocenters. The number of anilines is 1. The Hall–Kier alpha value is -1.45. The topological polar surface area (TPSA) is 101 Å². The van der Waals surface area contributed by atoms with Gasteiger partial charge in [0.1, 0.15) is 0 Å². The van der Waals surface area contributed by atoms with Crippen molar-refractivity contribution in [3.05, 3.63) is 24.3 Å². The highest BCUT2D eigenvalue weighted by molar-refractivity contribution is 7.94. The zero-order valence-corrected chi connectivity index (χ0v) is 17.3. The van der Waals surface area contributed by atoms with Crippen LogP contribution in [0.5, 0.6) is 0 Å². The Labute approximate surface area is 161 Å². The standard InChI is InChI=1S/C18H26N2O5S2/c1-18(2)13-26(22,23)20(17(18)21)15-9-11-16(12-10-15)27(24,25)19-14-7-5-3-4-6-8-14/h9-12,14,19H,3-8,13H2,1-2H3. The fourth-order valence-electron chi connectivity index (χ4n) is 3.71. The fourth-order valence-corrected chi connectivity index (χ4v) is 7.12. The second-order valence-corrected chi connectivity index (χ2v) is 11.5. The number of hydrogen-bond donors (Lipinski definition) is 1. The zero-order chi connectivity index (χ0) is 19.9. The van der Waals surface area contributed by atoms with Gasteiger partial charge in [-0.2, -0.15) is 0 Å². The molecule has 0 aromatic heterocycles. The molecule has 0 spiro atoms. The Bertz CT molecular complexity index is 913. The van der Waals surface area contributed by atoms with Crippen molar-refractivity contribution in [3.63, 3.8) is 0 Å². The highest BCUT2D eigenvalue weighted by Crippen LogP contribution is 2.36. The minimum absolute atomic E-state index is 0.0683. The van der Waals surface area contributed by atoms with E-state index in [0.717, 1.165) is 42.8 Å². The summed E-state index contributed by atoms with van der Waals surface area (Å²) in [5.74, 6) is -0.767. The maximum atomic E-state index is 12.6. The predicted octanol–water partition coefficient (Wildman–Crippen LogP) is 2.39. The van der Waals surface area contributed by atoms with Crippen molar-refractivity contribution in [2.45, 2.75) is 63.3 Å². The smallest absolute Gasteiger partial charge is 0.247 e. The minimum Gasteiger partial charge on any atom is -0.273 e. The van der Waals surface area contributed by atoms with Gasteiger partial charge in [0.25, 0.3) is 0 Å². The average molecular weight is 415 g/mol. The molecule has 0 radical (unpaired) electrons. The van der Waals surface area contributed by atoms with Crippen LogP contribution in [0.25, 0.3) is 0 Å². The Morgan fingerprint density at radius 1 is 1.04 bits per heavy atom. The van der Waals surface area contributed by atoms with Gasteiger partial charge >= 0.3 is 0 Å². The molecule has 1 N–H and O–H groups in total. The number of amides is 1. The van der Waals surface area contributed by atoms with Gasteiger partial charge in [0.05, 0.1) is 21.8 Å². The largest absolute Gasteiger partial charge is 0.273 e. The van der Waals surface area contributed by atoms with Crippen molar-refractivity contribution >= 4 is 31.6 Å². The van der Waals surface area contributed by atoms with Crippen molar-refractivity contribution in [2.75, 3.05) is 10.1 Å². The van der Waals surface area contributed by atoms with Crippen LogP contribution in [0.1, 0.15) is 52.4 Å². The number of nitrogens with one attached hydrogen (secondary N) is 1. The lowest BCUT2D eigenvalue weighted by Crippen LogP contribution is -2.34. The Balaban J connectivity index is 1.81. The summed E-state index contributed by atoms with van der Waals surface area (Å²) in [5, 5.41) is 0. The van der Waals surface area contributed by atoms with Crippen LogP contribution < -0.4 is 9.03 Å². The summed E-state index contributed by atoms with van der Waals surface area (Å²) in [6.45, 7) is 3.17. The van der Waals surface area contributed by atoms with Gasteiger partial charge < -0.3 is 0 Å². The molecule has 0 bridgehead atoms. The molecule has 1 aliphatic carbocycles. The summed E-state index contributed by atoms with van der Waals surface area (Å²) >= 11 is 0. The van der Waals surface area contributed by atoms with E-state index in [2.05, 4.69) is 4.72 Å². The molecule has 1 amide bonds. The third-order valence-electron chi connectivity index (χ3n) is 5.14. The van der Waals surface area contributed by atoms with E-state index < -0.39 is 31.4 Å². The van der Waals surface area contributed by atoms with Crippen molar-refractivity contribution in [1.82, 2.24) is 4.72 Å². The predicted molar refractivity (Wildman–Crippen MR) is 103 cm³/mol. The third kappa shape index (κ3) is 4.20. The van der Waals surface area contributed by atoms with Crippen LogP contribution in [-0.2, 0) is 24.8 Å². The third-order valence-corrected chi connectivity index (χ3v) is 8.70. The Morgan fingerprint density at radius 3 is 2.07 bits per heavy atom. The van der Waals surface area contributed by atoms with Gasteiger partial charge in [-0.05, 0) is 51.0 Å². The van der Waals surface area contributed by atoms with Crippen molar-refractivity contribution < 1.29 is 21.6 Å². The lowest BCUT2D eigenvalue weighted by atomic mass is 9.95. The second kappa shape index (κ2) is 7.18. The van der Waals surface area contributed by atoms with Crippen LogP contribution in [0.15, 0.2) is 29.2 Å².